The van der Waals surface area contributed by atoms with E-state index in [4.69, 9.17) is 9.15 Å². The summed E-state index contributed by atoms with van der Waals surface area (Å²) in [5.74, 6) is -0.152. The standard InChI is InChI=1S/C24H28N4O6/c1-18-8-9-19(14-22(18)28(31)32)24(30)26(11-13-33-3)17-23(29)27(16-21-7-5-12-34-21)15-20-6-4-10-25(20)2/h4-10,12,14H,11,13,15-17H2,1-3H3. The number of rotatable bonds is 11. The molecule has 0 N–H and O–H groups in total. The van der Waals surface area contributed by atoms with Crippen molar-refractivity contribution in [1.82, 2.24) is 14.4 Å². The van der Waals surface area contributed by atoms with Gasteiger partial charge in [0.1, 0.15) is 12.3 Å². The van der Waals surface area contributed by atoms with Crippen LogP contribution in [0.2, 0.25) is 0 Å². The number of nitrogens with zero attached hydrogens (tertiary/aromatic N) is 4. The largest absolute Gasteiger partial charge is 0.467 e. The minimum absolute atomic E-state index is 0.140. The fourth-order valence-corrected chi connectivity index (χ4v) is 3.52. The van der Waals surface area contributed by atoms with E-state index in [1.165, 1.54) is 30.2 Å². The topological polar surface area (TPSA) is 111 Å². The summed E-state index contributed by atoms with van der Waals surface area (Å²) in [5, 5.41) is 11.3. The first-order valence-electron chi connectivity index (χ1n) is 10.7. The van der Waals surface area contributed by atoms with E-state index in [9.17, 15) is 19.7 Å². The molecule has 0 radical (unpaired) electrons. The molecule has 3 aromatic rings. The Hall–Kier alpha value is -3.92. The van der Waals surface area contributed by atoms with Crippen molar-refractivity contribution in [2.75, 3.05) is 26.8 Å². The van der Waals surface area contributed by atoms with Gasteiger partial charge in [0.2, 0.25) is 5.91 Å². The molecule has 34 heavy (non-hydrogen) atoms. The molecule has 0 aliphatic rings. The quantitative estimate of drug-likeness (QED) is 0.316. The Balaban J connectivity index is 1.84. The SMILES string of the molecule is COCCN(CC(=O)N(Cc1ccco1)Cc1cccn1C)C(=O)c1ccc(C)c([N+](=O)[O-])c1. The van der Waals surface area contributed by atoms with E-state index in [0.717, 1.165) is 5.69 Å². The zero-order chi connectivity index (χ0) is 24.7. The fraction of sp³-hybridized carbons (Fsp3) is 0.333. The van der Waals surface area contributed by atoms with E-state index in [2.05, 4.69) is 0 Å². The van der Waals surface area contributed by atoms with Crippen molar-refractivity contribution in [2.45, 2.75) is 20.0 Å². The molecule has 0 bridgehead atoms. The van der Waals surface area contributed by atoms with Gasteiger partial charge in [0.25, 0.3) is 11.6 Å². The summed E-state index contributed by atoms with van der Waals surface area (Å²) in [6, 6.07) is 11.6. The van der Waals surface area contributed by atoms with Crippen molar-refractivity contribution >= 4 is 17.5 Å². The molecule has 0 atom stereocenters. The number of furan rings is 1. The maximum atomic E-state index is 13.4. The Bertz CT molecular complexity index is 1140. The Morgan fingerprint density at radius 2 is 1.94 bits per heavy atom. The molecule has 2 aromatic heterocycles. The number of amides is 2. The third-order valence-electron chi connectivity index (χ3n) is 5.52. The number of aryl methyl sites for hydroxylation is 2. The first kappa shape index (κ1) is 24.7. The average Bonchev–Trinajstić information content (AvgIpc) is 3.47. The highest BCUT2D eigenvalue weighted by Gasteiger charge is 2.25. The minimum atomic E-state index is -0.526. The molecule has 0 saturated carbocycles. The lowest BCUT2D eigenvalue weighted by atomic mass is 10.1. The summed E-state index contributed by atoms with van der Waals surface area (Å²) in [5.41, 5.74) is 1.37. The van der Waals surface area contributed by atoms with Gasteiger partial charge in [-0.2, -0.15) is 0 Å². The van der Waals surface area contributed by atoms with E-state index in [1.807, 2.05) is 29.9 Å². The lowest BCUT2D eigenvalue weighted by Crippen LogP contribution is -2.43. The van der Waals surface area contributed by atoms with Gasteiger partial charge in [0.05, 0.1) is 30.9 Å². The number of nitro groups is 1. The molecule has 3 rings (SSSR count). The molecule has 180 valence electrons. The van der Waals surface area contributed by atoms with Crippen LogP contribution in [0.5, 0.6) is 0 Å². The maximum absolute atomic E-state index is 13.4. The van der Waals surface area contributed by atoms with Gasteiger partial charge in [-0.1, -0.05) is 6.07 Å². The van der Waals surface area contributed by atoms with Crippen LogP contribution in [0.4, 0.5) is 5.69 Å². The van der Waals surface area contributed by atoms with Gasteiger partial charge < -0.3 is 23.5 Å². The second kappa shape index (κ2) is 11.3. The molecule has 2 amide bonds. The predicted octanol–water partition coefficient (Wildman–Crippen LogP) is 3.15. The van der Waals surface area contributed by atoms with Crippen LogP contribution in [0, 0.1) is 17.0 Å². The molecule has 0 aliphatic carbocycles. The normalized spacial score (nSPS) is 10.8. The third kappa shape index (κ3) is 6.10. The van der Waals surface area contributed by atoms with Crippen LogP contribution in [0.15, 0.2) is 59.3 Å². The number of methoxy groups -OCH3 is 1. The van der Waals surface area contributed by atoms with Crippen LogP contribution in [-0.4, -0.2) is 57.9 Å². The minimum Gasteiger partial charge on any atom is -0.467 e. The van der Waals surface area contributed by atoms with Crippen LogP contribution in [0.1, 0.15) is 27.4 Å². The summed E-state index contributed by atoms with van der Waals surface area (Å²) in [6.45, 7) is 2.32. The molecule has 0 unspecified atom stereocenters. The summed E-state index contributed by atoms with van der Waals surface area (Å²) in [7, 11) is 3.39. The van der Waals surface area contributed by atoms with Crippen molar-refractivity contribution in [3.63, 3.8) is 0 Å². The lowest BCUT2D eigenvalue weighted by Gasteiger charge is -2.27. The second-order valence-corrected chi connectivity index (χ2v) is 7.92. The zero-order valence-electron chi connectivity index (χ0n) is 19.5. The summed E-state index contributed by atoms with van der Waals surface area (Å²) in [4.78, 5) is 40.4. The highest BCUT2D eigenvalue weighted by molar-refractivity contribution is 5.97. The van der Waals surface area contributed by atoms with E-state index in [1.54, 1.807) is 30.2 Å². The highest BCUT2D eigenvalue weighted by Crippen LogP contribution is 2.21. The monoisotopic (exact) mass is 468 g/mol. The number of hydrogen-bond acceptors (Lipinski definition) is 6. The number of benzene rings is 1. The molecule has 0 aliphatic heterocycles. The van der Waals surface area contributed by atoms with Crippen molar-refractivity contribution in [3.8, 4) is 0 Å². The van der Waals surface area contributed by atoms with Gasteiger partial charge in [-0.3, -0.25) is 19.7 Å². The summed E-state index contributed by atoms with van der Waals surface area (Å²) >= 11 is 0. The number of ether oxygens (including phenoxy) is 1. The van der Waals surface area contributed by atoms with Crippen molar-refractivity contribution in [3.05, 3.63) is 87.6 Å². The lowest BCUT2D eigenvalue weighted by molar-refractivity contribution is -0.385. The molecule has 0 fully saturated rings. The Morgan fingerprint density at radius 1 is 1.15 bits per heavy atom. The molecule has 0 spiro atoms. The number of hydrogen-bond donors (Lipinski definition) is 0. The van der Waals surface area contributed by atoms with E-state index >= 15 is 0 Å². The van der Waals surface area contributed by atoms with Crippen LogP contribution in [-0.2, 0) is 29.7 Å². The molecule has 10 heteroatoms. The average molecular weight is 469 g/mol. The molecule has 2 heterocycles. The number of aromatic nitrogens is 1. The van der Waals surface area contributed by atoms with Crippen molar-refractivity contribution < 1.29 is 23.7 Å². The van der Waals surface area contributed by atoms with Gasteiger partial charge in [-0.05, 0) is 37.3 Å². The fourth-order valence-electron chi connectivity index (χ4n) is 3.52. The van der Waals surface area contributed by atoms with Crippen LogP contribution >= 0.6 is 0 Å². The summed E-state index contributed by atoms with van der Waals surface area (Å²) < 4.78 is 12.5. The Kier molecular flexibility index (Phi) is 8.20. The molecule has 0 saturated heterocycles. The molecule has 10 nitrogen and oxygen atoms in total. The first-order valence-corrected chi connectivity index (χ1v) is 10.7. The van der Waals surface area contributed by atoms with Gasteiger partial charge in [-0.25, -0.2) is 0 Å². The van der Waals surface area contributed by atoms with E-state index in [-0.39, 0.29) is 43.4 Å². The first-order chi connectivity index (χ1) is 16.3. The molecular formula is C24H28N4O6. The van der Waals surface area contributed by atoms with Gasteiger partial charge in [0, 0.05) is 49.8 Å². The maximum Gasteiger partial charge on any atom is 0.273 e. The van der Waals surface area contributed by atoms with Crippen LogP contribution < -0.4 is 0 Å². The number of nitro benzene ring substituents is 1. The Morgan fingerprint density at radius 3 is 2.56 bits per heavy atom. The van der Waals surface area contributed by atoms with Crippen molar-refractivity contribution in [2.24, 2.45) is 7.05 Å². The second-order valence-electron chi connectivity index (χ2n) is 7.92. The smallest absolute Gasteiger partial charge is 0.273 e. The summed E-state index contributed by atoms with van der Waals surface area (Å²) in [6.07, 6.45) is 3.43. The van der Waals surface area contributed by atoms with Crippen LogP contribution in [0.25, 0.3) is 0 Å². The van der Waals surface area contributed by atoms with Gasteiger partial charge in [0.15, 0.2) is 0 Å². The highest BCUT2D eigenvalue weighted by atomic mass is 16.6. The van der Waals surface area contributed by atoms with E-state index in [0.29, 0.717) is 17.9 Å². The predicted molar refractivity (Wildman–Crippen MR) is 124 cm³/mol. The Labute approximate surface area is 197 Å². The van der Waals surface area contributed by atoms with Gasteiger partial charge in [-0.15, -0.1) is 0 Å². The van der Waals surface area contributed by atoms with Crippen LogP contribution in [0.3, 0.4) is 0 Å². The molecule has 1 aromatic carbocycles. The van der Waals surface area contributed by atoms with Gasteiger partial charge >= 0.3 is 0 Å². The van der Waals surface area contributed by atoms with Crippen molar-refractivity contribution in [1.29, 1.82) is 0 Å². The molecular weight excluding hydrogens is 440 g/mol. The zero-order valence-corrected chi connectivity index (χ0v) is 19.5. The third-order valence-corrected chi connectivity index (χ3v) is 5.52. The van der Waals surface area contributed by atoms with E-state index < -0.39 is 10.8 Å². The number of carbonyl (C=O) groups excluding carboxylic acids is 2. The number of carbonyl (C=O) groups is 2.